The smallest absolute Gasteiger partial charge is 0.168 e. The molecule has 2 aromatic carbocycles. The fraction of sp³-hybridized carbons (Fsp3) is 0.0476. The average Bonchev–Trinajstić information content (AvgIpc) is 2.69. The zero-order valence-electron chi connectivity index (χ0n) is 14.2. The van der Waals surface area contributed by atoms with Crippen LogP contribution >= 0.6 is 11.6 Å². The second-order valence-corrected chi connectivity index (χ2v) is 6.50. The molecule has 134 valence electrons. The van der Waals surface area contributed by atoms with Gasteiger partial charge in [0.1, 0.15) is 11.3 Å². The van der Waals surface area contributed by atoms with Gasteiger partial charge in [-0.25, -0.2) is 9.97 Å². The van der Waals surface area contributed by atoms with E-state index < -0.39 is 0 Å². The van der Waals surface area contributed by atoms with E-state index in [1.54, 1.807) is 30.5 Å². The third kappa shape index (κ3) is 3.50. The number of phenolic OH excluding ortho intramolecular Hbond substituents is 1. The number of hydrogen-bond acceptors (Lipinski definition) is 5. The Kier molecular flexibility index (Phi) is 4.52. The molecule has 27 heavy (non-hydrogen) atoms. The molecule has 0 fully saturated rings. The minimum absolute atomic E-state index is 0.0751. The topological polar surface area (TPSA) is 78.3 Å². The summed E-state index contributed by atoms with van der Waals surface area (Å²) in [5.41, 5.74) is 2.80. The van der Waals surface area contributed by atoms with Gasteiger partial charge in [-0.1, -0.05) is 35.9 Å². The van der Waals surface area contributed by atoms with Gasteiger partial charge in [-0.15, -0.1) is 0 Å². The maximum absolute atomic E-state index is 10.8. The molecule has 4 aromatic rings. The number of halogens is 1. The third-order valence-corrected chi connectivity index (χ3v) is 4.52. The van der Waals surface area contributed by atoms with E-state index in [1.807, 2.05) is 36.4 Å². The van der Waals surface area contributed by atoms with Gasteiger partial charge in [0, 0.05) is 22.2 Å². The lowest BCUT2D eigenvalue weighted by atomic mass is 10.0. The van der Waals surface area contributed by atoms with E-state index in [1.165, 1.54) is 0 Å². The van der Waals surface area contributed by atoms with Gasteiger partial charge < -0.3 is 15.5 Å². The predicted octanol–water partition coefficient (Wildman–Crippen LogP) is 4.97. The number of anilines is 1. The number of hydrogen-bond donors (Lipinski definition) is 3. The predicted molar refractivity (Wildman–Crippen MR) is 107 cm³/mol. The van der Waals surface area contributed by atoms with Crippen LogP contribution in [-0.2, 0) is 6.54 Å². The lowest BCUT2D eigenvalue weighted by molar-refractivity contribution is 0.474. The molecule has 4 rings (SSSR count). The number of fused-ring (bicyclic) bond motifs is 1. The zero-order chi connectivity index (χ0) is 18.8. The Hall–Kier alpha value is -3.31. The van der Waals surface area contributed by atoms with Crippen LogP contribution in [0.5, 0.6) is 11.5 Å². The van der Waals surface area contributed by atoms with Crippen LogP contribution in [-0.4, -0.2) is 20.2 Å². The molecule has 5 nitrogen and oxygen atoms in total. The Morgan fingerprint density at radius 2 is 1.70 bits per heavy atom. The maximum atomic E-state index is 10.8. The number of nitrogens with zero attached hydrogens (tertiary/aromatic N) is 2. The lowest BCUT2D eigenvalue weighted by Gasteiger charge is -2.10. The second-order valence-electron chi connectivity index (χ2n) is 6.07. The van der Waals surface area contributed by atoms with Crippen molar-refractivity contribution >= 4 is 28.3 Å². The summed E-state index contributed by atoms with van der Waals surface area (Å²) in [5.74, 6) is 0.585. The third-order valence-electron chi connectivity index (χ3n) is 4.27. The Morgan fingerprint density at radius 1 is 0.926 bits per heavy atom. The normalized spacial score (nSPS) is 10.9. The Labute approximate surface area is 160 Å². The van der Waals surface area contributed by atoms with E-state index in [0.29, 0.717) is 28.5 Å². The summed E-state index contributed by atoms with van der Waals surface area (Å²) in [5, 5.41) is 25.1. The summed E-state index contributed by atoms with van der Waals surface area (Å²) in [6, 6.07) is 18.1. The standard InChI is InChI=1S/C21H16ClN3O2/c22-15-7-3-13(4-8-15)17-10-6-14-5-9-16(25-19(14)20(17)27)12-24-21-18(26)2-1-11-23-21/h1-11,26-27H,12H2,(H,23,24). The molecule has 0 aliphatic carbocycles. The Bertz CT molecular complexity index is 1110. The Morgan fingerprint density at radius 3 is 2.48 bits per heavy atom. The number of nitrogens with one attached hydrogen (secondary N) is 1. The molecule has 2 heterocycles. The van der Waals surface area contributed by atoms with Crippen LogP contribution in [0, 0.1) is 0 Å². The highest BCUT2D eigenvalue weighted by Crippen LogP contribution is 2.35. The van der Waals surface area contributed by atoms with Gasteiger partial charge in [-0.05, 0) is 42.0 Å². The first-order chi connectivity index (χ1) is 13.1. The first-order valence-corrected chi connectivity index (χ1v) is 8.75. The number of aromatic nitrogens is 2. The maximum Gasteiger partial charge on any atom is 0.168 e. The van der Waals surface area contributed by atoms with Gasteiger partial charge in [-0.2, -0.15) is 0 Å². The van der Waals surface area contributed by atoms with Gasteiger partial charge in [0.25, 0.3) is 0 Å². The van der Waals surface area contributed by atoms with Crippen molar-refractivity contribution in [2.24, 2.45) is 0 Å². The molecule has 2 aromatic heterocycles. The van der Waals surface area contributed by atoms with Gasteiger partial charge in [0.05, 0.1) is 12.2 Å². The van der Waals surface area contributed by atoms with Crippen molar-refractivity contribution < 1.29 is 10.2 Å². The van der Waals surface area contributed by atoms with E-state index >= 15 is 0 Å². The summed E-state index contributed by atoms with van der Waals surface area (Å²) < 4.78 is 0. The molecule has 0 spiro atoms. The van der Waals surface area contributed by atoms with Crippen molar-refractivity contribution in [3.63, 3.8) is 0 Å². The SMILES string of the molecule is Oc1cccnc1NCc1ccc2ccc(-c3ccc(Cl)cc3)c(O)c2n1. The molecule has 6 heteroatoms. The number of rotatable bonds is 4. The van der Waals surface area contributed by atoms with Crippen LogP contribution in [0.3, 0.4) is 0 Å². The molecular formula is C21H16ClN3O2. The van der Waals surface area contributed by atoms with Crippen LogP contribution in [0.15, 0.2) is 66.9 Å². The van der Waals surface area contributed by atoms with E-state index in [0.717, 1.165) is 16.6 Å². The van der Waals surface area contributed by atoms with Crippen molar-refractivity contribution in [2.75, 3.05) is 5.32 Å². The highest BCUT2D eigenvalue weighted by atomic mass is 35.5. The van der Waals surface area contributed by atoms with Gasteiger partial charge >= 0.3 is 0 Å². The minimum Gasteiger partial charge on any atom is -0.505 e. The highest BCUT2D eigenvalue weighted by Gasteiger charge is 2.11. The summed E-state index contributed by atoms with van der Waals surface area (Å²) in [6.07, 6.45) is 1.60. The highest BCUT2D eigenvalue weighted by molar-refractivity contribution is 6.30. The largest absolute Gasteiger partial charge is 0.505 e. The van der Waals surface area contributed by atoms with Gasteiger partial charge in [0.2, 0.25) is 0 Å². The van der Waals surface area contributed by atoms with Crippen molar-refractivity contribution in [1.82, 2.24) is 9.97 Å². The molecule has 3 N–H and O–H groups in total. The zero-order valence-corrected chi connectivity index (χ0v) is 15.0. The summed E-state index contributed by atoms with van der Waals surface area (Å²) in [6.45, 7) is 0.366. The fourth-order valence-electron chi connectivity index (χ4n) is 2.88. The van der Waals surface area contributed by atoms with Crippen molar-refractivity contribution in [2.45, 2.75) is 6.54 Å². The monoisotopic (exact) mass is 377 g/mol. The van der Waals surface area contributed by atoms with E-state index in [-0.39, 0.29) is 11.5 Å². The van der Waals surface area contributed by atoms with Crippen LogP contribution < -0.4 is 5.32 Å². The summed E-state index contributed by atoms with van der Waals surface area (Å²) in [4.78, 5) is 8.66. The van der Waals surface area contributed by atoms with E-state index in [9.17, 15) is 10.2 Å². The van der Waals surface area contributed by atoms with E-state index in [4.69, 9.17) is 11.6 Å². The minimum atomic E-state index is 0.0751. The quantitative estimate of drug-likeness (QED) is 0.467. The lowest BCUT2D eigenvalue weighted by Crippen LogP contribution is -2.03. The van der Waals surface area contributed by atoms with Crippen molar-refractivity contribution in [1.29, 1.82) is 0 Å². The molecule has 0 saturated heterocycles. The molecule has 0 atom stereocenters. The molecule has 0 unspecified atom stereocenters. The first-order valence-electron chi connectivity index (χ1n) is 8.37. The number of benzene rings is 2. The molecular weight excluding hydrogens is 362 g/mol. The molecule has 0 radical (unpaired) electrons. The number of pyridine rings is 2. The van der Waals surface area contributed by atoms with E-state index in [2.05, 4.69) is 15.3 Å². The van der Waals surface area contributed by atoms with Crippen LogP contribution in [0.1, 0.15) is 5.69 Å². The van der Waals surface area contributed by atoms with Gasteiger partial charge in [0.15, 0.2) is 11.6 Å². The number of phenols is 1. The summed E-state index contributed by atoms with van der Waals surface area (Å²) in [7, 11) is 0. The molecule has 0 saturated carbocycles. The van der Waals surface area contributed by atoms with Crippen LogP contribution in [0.25, 0.3) is 22.0 Å². The Balaban J connectivity index is 1.67. The van der Waals surface area contributed by atoms with Crippen LogP contribution in [0.2, 0.25) is 5.02 Å². The fourth-order valence-corrected chi connectivity index (χ4v) is 3.01. The molecule has 0 aliphatic heterocycles. The van der Waals surface area contributed by atoms with Gasteiger partial charge in [-0.3, -0.25) is 0 Å². The second kappa shape index (κ2) is 7.13. The summed E-state index contributed by atoms with van der Waals surface area (Å²) >= 11 is 5.95. The van der Waals surface area contributed by atoms with Crippen molar-refractivity contribution in [3.05, 3.63) is 77.6 Å². The average molecular weight is 378 g/mol. The van der Waals surface area contributed by atoms with Crippen LogP contribution in [0.4, 0.5) is 5.82 Å². The molecule has 0 aliphatic rings. The molecule has 0 amide bonds. The molecule has 0 bridgehead atoms. The first kappa shape index (κ1) is 17.1. The van der Waals surface area contributed by atoms with Crippen molar-refractivity contribution in [3.8, 4) is 22.6 Å². The number of aromatic hydroxyl groups is 2.